The summed E-state index contributed by atoms with van der Waals surface area (Å²) in [5, 5.41) is 11.2. The number of halogens is 1. The molecule has 1 saturated heterocycles. The van der Waals surface area contributed by atoms with Crippen LogP contribution in [0.2, 0.25) is 5.02 Å². The number of hydrogen-bond donors (Lipinski definition) is 1. The summed E-state index contributed by atoms with van der Waals surface area (Å²) in [5.74, 6) is 0.469. The van der Waals surface area contributed by atoms with Crippen molar-refractivity contribution in [3.05, 3.63) is 70.9 Å². The number of nitrogens with zero attached hydrogens (tertiary/aromatic N) is 2. The Kier molecular flexibility index (Phi) is 5.65. The van der Waals surface area contributed by atoms with Gasteiger partial charge in [-0.05, 0) is 60.7 Å². The second kappa shape index (κ2) is 8.34. The zero-order chi connectivity index (χ0) is 19.5. The number of anilines is 1. The van der Waals surface area contributed by atoms with Crippen LogP contribution in [0.25, 0.3) is 23.1 Å². The minimum Gasteiger partial charge on any atom is -0.396 e. The van der Waals surface area contributed by atoms with Crippen LogP contribution in [0.15, 0.2) is 54.6 Å². The number of aryl methyl sites for hydroxylation is 1. The second-order valence-corrected chi connectivity index (χ2v) is 7.99. The quantitative estimate of drug-likeness (QED) is 0.651. The molecule has 3 nitrogen and oxygen atoms in total. The standard InChI is InChI=1S/C24H26ClN2O/c1-26-22(11-6-20-5-7-21(25)16-24(20)26)8-2-18-3-9-23(10-4-18)27-14-12-19(17-28)13-15-27/h2-11,16,19,28H,12-15,17H2,1H3/q+1. The average Bonchev–Trinajstić information content (AvgIpc) is 2.74. The Morgan fingerprint density at radius 1 is 1.04 bits per heavy atom. The van der Waals surface area contributed by atoms with Gasteiger partial charge in [0.25, 0.3) is 0 Å². The van der Waals surface area contributed by atoms with Gasteiger partial charge in [0.05, 0.1) is 0 Å². The summed E-state index contributed by atoms with van der Waals surface area (Å²) in [6.07, 6.45) is 6.43. The van der Waals surface area contributed by atoms with E-state index in [0.717, 1.165) is 42.2 Å². The van der Waals surface area contributed by atoms with Crippen LogP contribution < -0.4 is 9.47 Å². The number of hydrogen-bond acceptors (Lipinski definition) is 2. The van der Waals surface area contributed by atoms with Crippen LogP contribution in [-0.4, -0.2) is 24.8 Å². The fraction of sp³-hybridized carbons (Fsp3) is 0.292. The van der Waals surface area contributed by atoms with Crippen LogP contribution in [0.1, 0.15) is 24.1 Å². The largest absolute Gasteiger partial charge is 0.396 e. The van der Waals surface area contributed by atoms with E-state index < -0.39 is 0 Å². The molecule has 1 aliphatic rings. The van der Waals surface area contributed by atoms with E-state index in [1.165, 1.54) is 16.6 Å². The number of aliphatic hydroxyl groups excluding tert-OH is 1. The van der Waals surface area contributed by atoms with Crippen LogP contribution in [-0.2, 0) is 7.05 Å². The number of pyridine rings is 1. The van der Waals surface area contributed by atoms with Crippen molar-refractivity contribution in [2.45, 2.75) is 12.8 Å². The predicted molar refractivity (Wildman–Crippen MR) is 118 cm³/mol. The molecule has 0 saturated carbocycles. The highest BCUT2D eigenvalue weighted by Crippen LogP contribution is 2.24. The molecule has 0 atom stereocenters. The van der Waals surface area contributed by atoms with Crippen molar-refractivity contribution in [1.29, 1.82) is 0 Å². The molecule has 4 heteroatoms. The topological polar surface area (TPSA) is 27.4 Å². The lowest BCUT2D eigenvalue weighted by Gasteiger charge is -2.32. The highest BCUT2D eigenvalue weighted by atomic mass is 35.5. The average molecular weight is 394 g/mol. The van der Waals surface area contributed by atoms with Gasteiger partial charge < -0.3 is 10.0 Å². The molecule has 0 amide bonds. The van der Waals surface area contributed by atoms with E-state index in [2.05, 4.69) is 65.1 Å². The fourth-order valence-corrected chi connectivity index (χ4v) is 4.06. The molecule has 1 aliphatic heterocycles. The molecule has 0 spiro atoms. The van der Waals surface area contributed by atoms with Gasteiger partial charge in [0, 0.05) is 54.0 Å². The van der Waals surface area contributed by atoms with Gasteiger partial charge in [0.1, 0.15) is 7.05 Å². The monoisotopic (exact) mass is 393 g/mol. The lowest BCUT2D eigenvalue weighted by molar-refractivity contribution is -0.646. The SMILES string of the molecule is C[n+]1c(C=Cc2ccc(N3CCC(CO)CC3)cc2)ccc2ccc(Cl)cc21. The zero-order valence-electron chi connectivity index (χ0n) is 16.2. The first-order valence-electron chi connectivity index (χ1n) is 9.86. The molecule has 2 aromatic carbocycles. The van der Waals surface area contributed by atoms with E-state index in [1.54, 1.807) is 0 Å². The van der Waals surface area contributed by atoms with E-state index in [9.17, 15) is 5.11 Å². The first kappa shape index (κ1) is 19.0. The molecule has 0 unspecified atom stereocenters. The van der Waals surface area contributed by atoms with Crippen LogP contribution >= 0.6 is 11.6 Å². The molecule has 0 aliphatic carbocycles. The third kappa shape index (κ3) is 4.06. The summed E-state index contributed by atoms with van der Waals surface area (Å²) >= 11 is 6.16. The summed E-state index contributed by atoms with van der Waals surface area (Å²) in [4.78, 5) is 2.41. The van der Waals surface area contributed by atoms with Crippen molar-refractivity contribution in [3.63, 3.8) is 0 Å². The minimum atomic E-state index is 0.315. The number of aromatic nitrogens is 1. The third-order valence-corrected chi connectivity index (χ3v) is 5.99. The molecule has 1 fully saturated rings. The highest BCUT2D eigenvalue weighted by molar-refractivity contribution is 6.31. The molecule has 1 aromatic heterocycles. The van der Waals surface area contributed by atoms with E-state index in [-0.39, 0.29) is 0 Å². The van der Waals surface area contributed by atoms with Crippen molar-refractivity contribution in [3.8, 4) is 0 Å². The van der Waals surface area contributed by atoms with Gasteiger partial charge in [-0.2, -0.15) is 4.57 Å². The Labute approximate surface area is 171 Å². The molecule has 144 valence electrons. The molecule has 0 radical (unpaired) electrons. The molecule has 4 rings (SSSR count). The molecular weight excluding hydrogens is 368 g/mol. The number of aliphatic hydroxyl groups is 1. The Hall–Kier alpha value is -2.36. The number of fused-ring (bicyclic) bond motifs is 1. The first-order valence-corrected chi connectivity index (χ1v) is 10.2. The number of piperidine rings is 1. The van der Waals surface area contributed by atoms with Gasteiger partial charge in [0.2, 0.25) is 11.2 Å². The zero-order valence-corrected chi connectivity index (χ0v) is 16.9. The maximum absolute atomic E-state index is 9.29. The van der Waals surface area contributed by atoms with E-state index in [4.69, 9.17) is 11.6 Å². The minimum absolute atomic E-state index is 0.315. The lowest BCUT2D eigenvalue weighted by atomic mass is 9.97. The Morgan fingerprint density at radius 2 is 1.75 bits per heavy atom. The smallest absolute Gasteiger partial charge is 0.214 e. The van der Waals surface area contributed by atoms with Crippen LogP contribution in [0, 0.1) is 5.92 Å². The van der Waals surface area contributed by atoms with E-state index >= 15 is 0 Å². The summed E-state index contributed by atoms with van der Waals surface area (Å²) < 4.78 is 2.16. The van der Waals surface area contributed by atoms with E-state index in [0.29, 0.717) is 12.5 Å². The fourth-order valence-electron chi connectivity index (χ4n) is 3.89. The van der Waals surface area contributed by atoms with Gasteiger partial charge >= 0.3 is 0 Å². The normalized spacial score (nSPS) is 15.6. The summed E-state index contributed by atoms with van der Waals surface area (Å²) in [6.45, 7) is 2.36. The van der Waals surface area contributed by atoms with Crippen molar-refractivity contribution in [1.82, 2.24) is 0 Å². The molecule has 0 bridgehead atoms. The van der Waals surface area contributed by atoms with Gasteiger partial charge in [-0.15, -0.1) is 0 Å². The van der Waals surface area contributed by atoms with Crippen molar-refractivity contribution in [2.75, 3.05) is 24.6 Å². The highest BCUT2D eigenvalue weighted by Gasteiger charge is 2.18. The van der Waals surface area contributed by atoms with Gasteiger partial charge in [-0.3, -0.25) is 0 Å². The molecule has 28 heavy (non-hydrogen) atoms. The van der Waals surface area contributed by atoms with Crippen molar-refractivity contribution >= 4 is 40.3 Å². The van der Waals surface area contributed by atoms with E-state index in [1.807, 2.05) is 18.2 Å². The molecular formula is C24H26ClN2O+. The maximum atomic E-state index is 9.29. The number of rotatable bonds is 4. The Bertz CT molecular complexity index is 989. The summed E-state index contributed by atoms with van der Waals surface area (Å²) in [7, 11) is 2.07. The molecule has 1 N–H and O–H groups in total. The molecule has 3 aromatic rings. The van der Waals surface area contributed by atoms with Crippen LogP contribution in [0.3, 0.4) is 0 Å². The number of benzene rings is 2. The van der Waals surface area contributed by atoms with Crippen LogP contribution in [0.5, 0.6) is 0 Å². The second-order valence-electron chi connectivity index (χ2n) is 7.56. The van der Waals surface area contributed by atoms with Gasteiger partial charge in [0.15, 0.2) is 0 Å². The Morgan fingerprint density at radius 3 is 2.46 bits per heavy atom. The molecule has 2 heterocycles. The van der Waals surface area contributed by atoms with Crippen molar-refractivity contribution in [2.24, 2.45) is 13.0 Å². The van der Waals surface area contributed by atoms with Crippen molar-refractivity contribution < 1.29 is 9.67 Å². The van der Waals surface area contributed by atoms with Crippen LogP contribution in [0.4, 0.5) is 5.69 Å². The predicted octanol–water partition coefficient (Wildman–Crippen LogP) is 4.70. The van der Waals surface area contributed by atoms with Gasteiger partial charge in [-0.25, -0.2) is 0 Å². The third-order valence-electron chi connectivity index (χ3n) is 5.75. The lowest BCUT2D eigenvalue weighted by Crippen LogP contribution is -2.34. The maximum Gasteiger partial charge on any atom is 0.214 e. The Balaban J connectivity index is 1.49. The first-order chi connectivity index (χ1) is 13.6. The summed E-state index contributed by atoms with van der Waals surface area (Å²) in [6, 6.07) is 19.0. The van der Waals surface area contributed by atoms with Gasteiger partial charge in [-0.1, -0.05) is 23.7 Å². The summed E-state index contributed by atoms with van der Waals surface area (Å²) in [5.41, 5.74) is 4.70.